The molecule has 1 aromatic carbocycles. The van der Waals surface area contributed by atoms with Crippen molar-refractivity contribution in [3.63, 3.8) is 0 Å². The lowest BCUT2D eigenvalue weighted by Gasteiger charge is -2.45. The van der Waals surface area contributed by atoms with Gasteiger partial charge in [-0.2, -0.15) is 10.0 Å². The first-order chi connectivity index (χ1) is 14.9. The van der Waals surface area contributed by atoms with Crippen molar-refractivity contribution in [1.29, 1.82) is 0 Å². The third-order valence-corrected chi connectivity index (χ3v) is 7.12. The van der Waals surface area contributed by atoms with Crippen molar-refractivity contribution >= 4 is 40.3 Å². The molecule has 31 heavy (non-hydrogen) atoms. The summed E-state index contributed by atoms with van der Waals surface area (Å²) in [5, 5.41) is 21.2. The Kier molecular flexibility index (Phi) is 5.50. The molecule has 0 radical (unpaired) electrons. The van der Waals surface area contributed by atoms with E-state index in [1.54, 1.807) is 10.7 Å². The van der Waals surface area contributed by atoms with E-state index in [2.05, 4.69) is 20.2 Å². The highest BCUT2D eigenvalue weighted by Crippen LogP contribution is 2.34. The van der Waals surface area contributed by atoms with Gasteiger partial charge < -0.3 is 10.1 Å². The molecule has 2 atom stereocenters. The summed E-state index contributed by atoms with van der Waals surface area (Å²) in [5.41, 5.74) is 3.11. The molecule has 0 bridgehead atoms. The highest BCUT2D eigenvalue weighted by Gasteiger charge is 2.37. The van der Waals surface area contributed by atoms with E-state index in [0.717, 1.165) is 43.9 Å². The van der Waals surface area contributed by atoms with Crippen LogP contribution in [-0.4, -0.2) is 61.4 Å². The Balaban J connectivity index is 1.40. The second-order valence-electron chi connectivity index (χ2n) is 8.64. The van der Waals surface area contributed by atoms with Gasteiger partial charge in [0.25, 0.3) is 0 Å². The maximum atomic E-state index is 9.83. The summed E-state index contributed by atoms with van der Waals surface area (Å²) in [7, 11) is 0. The molecular weight excluding hydrogens is 437 g/mol. The maximum absolute atomic E-state index is 9.83. The van der Waals surface area contributed by atoms with E-state index in [0.29, 0.717) is 39.0 Å². The molecule has 1 N–H and O–H groups in total. The fourth-order valence-electron chi connectivity index (χ4n) is 4.67. The Morgan fingerprint density at radius 3 is 2.68 bits per heavy atom. The van der Waals surface area contributed by atoms with Gasteiger partial charge in [-0.3, -0.25) is 0 Å². The van der Waals surface area contributed by atoms with Gasteiger partial charge in [0.2, 0.25) is 5.95 Å². The number of fused-ring (bicyclic) bond motifs is 1. The van der Waals surface area contributed by atoms with E-state index in [1.807, 2.05) is 26.0 Å². The van der Waals surface area contributed by atoms with Gasteiger partial charge in [-0.1, -0.05) is 34.5 Å². The minimum absolute atomic E-state index is 0.154. The molecule has 2 saturated heterocycles. The number of piperidine rings is 1. The van der Waals surface area contributed by atoms with Crippen LogP contribution >= 0.6 is 23.2 Å². The van der Waals surface area contributed by atoms with Gasteiger partial charge in [0.1, 0.15) is 0 Å². The van der Waals surface area contributed by atoms with Crippen LogP contribution < -0.4 is 4.90 Å². The van der Waals surface area contributed by atoms with Crippen LogP contribution in [0.5, 0.6) is 0 Å². The highest BCUT2D eigenvalue weighted by atomic mass is 35.5. The number of benzene rings is 1. The topological polar surface area (TPSA) is 83.2 Å². The number of aryl methyl sites for hydroxylation is 1. The van der Waals surface area contributed by atoms with Gasteiger partial charge in [-0.25, -0.2) is 9.67 Å². The van der Waals surface area contributed by atoms with Gasteiger partial charge in [0.05, 0.1) is 11.7 Å². The van der Waals surface area contributed by atoms with Crippen molar-refractivity contribution in [2.24, 2.45) is 11.8 Å². The zero-order valence-electron chi connectivity index (χ0n) is 17.5. The molecule has 2 aromatic heterocycles. The number of rotatable bonds is 4. The van der Waals surface area contributed by atoms with Gasteiger partial charge in [0.15, 0.2) is 11.2 Å². The maximum Gasteiger partial charge on any atom is 0.227 e. The van der Waals surface area contributed by atoms with E-state index in [9.17, 15) is 5.21 Å². The van der Waals surface area contributed by atoms with Crippen molar-refractivity contribution in [2.45, 2.75) is 32.7 Å². The minimum Gasteiger partial charge on any atom is -0.340 e. The zero-order valence-corrected chi connectivity index (χ0v) is 19.1. The molecule has 0 unspecified atom stereocenters. The molecule has 2 aliphatic rings. The molecule has 2 aliphatic heterocycles. The molecule has 0 spiro atoms. The molecular formula is C21H25Cl2N7O. The van der Waals surface area contributed by atoms with Crippen LogP contribution in [0.2, 0.25) is 10.0 Å². The first-order valence-electron chi connectivity index (χ1n) is 10.6. The summed E-state index contributed by atoms with van der Waals surface area (Å²) in [4.78, 5) is 11.7. The Morgan fingerprint density at radius 2 is 1.94 bits per heavy atom. The summed E-state index contributed by atoms with van der Waals surface area (Å²) in [5.74, 6) is 1.79. The largest absolute Gasteiger partial charge is 0.340 e. The number of halogens is 2. The second-order valence-corrected chi connectivity index (χ2v) is 9.48. The van der Waals surface area contributed by atoms with Crippen LogP contribution in [0.1, 0.15) is 37.1 Å². The fraction of sp³-hybridized carbons (Fsp3) is 0.524. The number of hydroxylamine groups is 2. The van der Waals surface area contributed by atoms with Crippen molar-refractivity contribution < 1.29 is 5.21 Å². The first-order valence-corrected chi connectivity index (χ1v) is 11.4. The third-order valence-electron chi connectivity index (χ3n) is 6.56. The Labute approximate surface area is 190 Å². The lowest BCUT2D eigenvalue weighted by atomic mass is 9.81. The number of hydrogen-bond acceptors (Lipinski definition) is 7. The Morgan fingerprint density at radius 1 is 1.13 bits per heavy atom. The summed E-state index contributed by atoms with van der Waals surface area (Å²) in [6, 6.07) is 5.31. The molecule has 2 fully saturated rings. The normalized spacial score (nSPS) is 21.5. The van der Waals surface area contributed by atoms with Crippen LogP contribution in [-0.2, 0) is 0 Å². The molecule has 5 rings (SSSR count). The lowest BCUT2D eigenvalue weighted by Crippen LogP contribution is -2.53. The number of anilines is 1. The molecule has 0 aliphatic carbocycles. The molecule has 0 amide bonds. The average Bonchev–Trinajstić information content (AvgIpc) is 3.11. The van der Waals surface area contributed by atoms with Crippen LogP contribution in [0.3, 0.4) is 0 Å². The van der Waals surface area contributed by atoms with E-state index in [-0.39, 0.29) is 6.04 Å². The Hall–Kier alpha value is -2.00. The first kappa shape index (κ1) is 20.9. The lowest BCUT2D eigenvalue weighted by molar-refractivity contribution is -0.125. The predicted octanol–water partition coefficient (Wildman–Crippen LogP) is 3.98. The second kappa shape index (κ2) is 8.16. The smallest absolute Gasteiger partial charge is 0.227 e. The number of aromatic nitrogens is 5. The molecule has 0 saturated carbocycles. The monoisotopic (exact) mass is 461 g/mol. The van der Waals surface area contributed by atoms with Gasteiger partial charge in [-0.05, 0) is 56.2 Å². The SMILES string of the molecule is Cc1nc(N2CC([C@H]3CCCN(O)C3)C2)nc2c1nnn2[C@H](C)c1ccc(Cl)cc1Cl. The number of hydrogen-bond donors (Lipinski definition) is 1. The van der Waals surface area contributed by atoms with E-state index in [1.165, 1.54) is 11.5 Å². The molecule has 3 aromatic rings. The Bertz CT molecular complexity index is 1110. The van der Waals surface area contributed by atoms with E-state index < -0.39 is 0 Å². The quantitative estimate of drug-likeness (QED) is 0.628. The van der Waals surface area contributed by atoms with Crippen LogP contribution in [0.4, 0.5) is 5.95 Å². The minimum atomic E-state index is -0.154. The standard InChI is InChI=1S/C21H25Cl2N7O/c1-12-19-20(30(27-26-19)13(2)17-6-5-16(22)8-18(17)23)25-21(24-12)28-9-15(10-28)14-4-3-7-29(31)11-14/h5-6,8,13-15,31H,3-4,7,9-11H2,1-2H3/t13-,14+/m1/s1. The van der Waals surface area contributed by atoms with Crippen molar-refractivity contribution in [3.05, 3.63) is 39.5 Å². The molecule has 8 nitrogen and oxygen atoms in total. The highest BCUT2D eigenvalue weighted by molar-refractivity contribution is 6.35. The third kappa shape index (κ3) is 3.86. The van der Waals surface area contributed by atoms with Crippen molar-refractivity contribution in [1.82, 2.24) is 30.0 Å². The van der Waals surface area contributed by atoms with Crippen molar-refractivity contribution in [2.75, 3.05) is 31.1 Å². The van der Waals surface area contributed by atoms with Crippen LogP contribution in [0.25, 0.3) is 11.2 Å². The van der Waals surface area contributed by atoms with Crippen molar-refractivity contribution in [3.8, 4) is 0 Å². The van der Waals surface area contributed by atoms with Gasteiger partial charge in [-0.15, -0.1) is 5.10 Å². The molecule has 4 heterocycles. The summed E-state index contributed by atoms with van der Waals surface area (Å²) >= 11 is 12.5. The number of nitrogens with zero attached hydrogens (tertiary/aromatic N) is 7. The molecule has 164 valence electrons. The van der Waals surface area contributed by atoms with Gasteiger partial charge >= 0.3 is 0 Å². The zero-order chi connectivity index (χ0) is 21.7. The van der Waals surface area contributed by atoms with E-state index >= 15 is 0 Å². The average molecular weight is 462 g/mol. The fourth-order valence-corrected chi connectivity index (χ4v) is 5.24. The summed E-state index contributed by atoms with van der Waals surface area (Å²) in [6.45, 7) is 7.30. The van der Waals surface area contributed by atoms with E-state index in [4.69, 9.17) is 28.2 Å². The molecule has 10 heteroatoms. The van der Waals surface area contributed by atoms with Crippen LogP contribution in [0.15, 0.2) is 18.2 Å². The van der Waals surface area contributed by atoms with Crippen LogP contribution in [0, 0.1) is 18.8 Å². The predicted molar refractivity (Wildman–Crippen MR) is 120 cm³/mol. The summed E-state index contributed by atoms with van der Waals surface area (Å²) < 4.78 is 1.80. The van der Waals surface area contributed by atoms with Gasteiger partial charge in [0, 0.05) is 36.2 Å². The summed E-state index contributed by atoms with van der Waals surface area (Å²) in [6.07, 6.45) is 2.22.